The molecule has 0 aliphatic rings. The van der Waals surface area contributed by atoms with Crippen molar-refractivity contribution >= 4 is 0 Å². The van der Waals surface area contributed by atoms with Crippen LogP contribution >= 0.6 is 0 Å². The minimum atomic E-state index is -0.290. The number of pyridine rings is 1. The smallest absolute Gasteiger partial charge is 0.146 e. The second-order valence-corrected chi connectivity index (χ2v) is 3.23. The molecule has 1 unspecified atom stereocenters. The molecule has 1 rings (SSSR count). The number of hydrogen-bond donors (Lipinski definition) is 1. The van der Waals surface area contributed by atoms with Crippen LogP contribution in [-0.2, 0) is 0 Å². The molecule has 76 valence electrons. The lowest BCUT2D eigenvalue weighted by Gasteiger charge is -2.18. The van der Waals surface area contributed by atoms with E-state index in [2.05, 4.69) is 16.9 Å². The molecule has 0 spiro atoms. The molecule has 0 bridgehead atoms. The van der Waals surface area contributed by atoms with Gasteiger partial charge in [-0.1, -0.05) is 19.1 Å². The van der Waals surface area contributed by atoms with Gasteiger partial charge in [0.05, 0.1) is 12.2 Å². The quantitative estimate of drug-likeness (QED) is 0.745. The molecule has 1 N–H and O–H groups in total. The van der Waals surface area contributed by atoms with E-state index in [4.69, 9.17) is 0 Å². The van der Waals surface area contributed by atoms with Gasteiger partial charge in [0.15, 0.2) is 0 Å². The molecule has 1 aromatic heterocycles. The van der Waals surface area contributed by atoms with Crippen LogP contribution in [0.5, 0.6) is 0 Å². The van der Waals surface area contributed by atoms with Gasteiger partial charge in [0.2, 0.25) is 0 Å². The predicted octanol–water partition coefficient (Wildman–Crippen LogP) is 2.45. The Bertz CT molecular complexity index is 323. The topological polar surface area (TPSA) is 24.9 Å². The van der Waals surface area contributed by atoms with Crippen LogP contribution in [0.2, 0.25) is 0 Å². The lowest BCUT2D eigenvalue weighted by molar-refractivity contribution is 0.550. The molecular formula is C11H15FN2. The van der Waals surface area contributed by atoms with Gasteiger partial charge >= 0.3 is 0 Å². The first-order valence-electron chi connectivity index (χ1n) is 4.65. The standard InChI is InChI=1S/C11H15FN2/c1-4-14-11(8(2)3)9-5-6-13-7-10(9)12/h5-7,11,14H,2,4H2,1,3H3. The van der Waals surface area contributed by atoms with Crippen molar-refractivity contribution < 1.29 is 4.39 Å². The van der Waals surface area contributed by atoms with E-state index >= 15 is 0 Å². The van der Waals surface area contributed by atoms with E-state index in [1.165, 1.54) is 6.20 Å². The van der Waals surface area contributed by atoms with Crippen LogP contribution in [0.15, 0.2) is 30.6 Å². The summed E-state index contributed by atoms with van der Waals surface area (Å²) in [6.45, 7) is 8.48. The molecule has 1 aromatic rings. The molecule has 0 saturated carbocycles. The van der Waals surface area contributed by atoms with Crippen molar-refractivity contribution in [1.82, 2.24) is 10.3 Å². The summed E-state index contributed by atoms with van der Waals surface area (Å²) in [6, 6.07) is 1.56. The van der Waals surface area contributed by atoms with Crippen LogP contribution in [0, 0.1) is 5.82 Å². The summed E-state index contributed by atoms with van der Waals surface area (Å²) in [5, 5.41) is 3.17. The van der Waals surface area contributed by atoms with E-state index in [1.54, 1.807) is 12.3 Å². The van der Waals surface area contributed by atoms with Crippen molar-refractivity contribution in [2.24, 2.45) is 0 Å². The molecule has 0 fully saturated rings. The largest absolute Gasteiger partial charge is 0.307 e. The lowest BCUT2D eigenvalue weighted by atomic mass is 10.0. The molecule has 0 saturated heterocycles. The highest BCUT2D eigenvalue weighted by molar-refractivity contribution is 5.25. The van der Waals surface area contributed by atoms with Gasteiger partial charge in [-0.15, -0.1) is 0 Å². The Morgan fingerprint density at radius 3 is 2.93 bits per heavy atom. The highest BCUT2D eigenvalue weighted by Gasteiger charge is 2.14. The van der Waals surface area contributed by atoms with Gasteiger partial charge in [-0.2, -0.15) is 0 Å². The maximum atomic E-state index is 13.4. The first kappa shape index (κ1) is 10.9. The Kier molecular flexibility index (Phi) is 3.77. The van der Waals surface area contributed by atoms with Crippen molar-refractivity contribution in [3.05, 3.63) is 42.0 Å². The fraction of sp³-hybridized carbons (Fsp3) is 0.364. The SMILES string of the molecule is C=C(C)C(NCC)c1ccncc1F. The summed E-state index contributed by atoms with van der Waals surface area (Å²) in [5.74, 6) is -0.290. The van der Waals surface area contributed by atoms with E-state index < -0.39 is 0 Å². The van der Waals surface area contributed by atoms with E-state index in [1.807, 2.05) is 13.8 Å². The Morgan fingerprint density at radius 2 is 2.43 bits per heavy atom. The third-order valence-electron chi connectivity index (χ3n) is 2.02. The molecule has 0 radical (unpaired) electrons. The van der Waals surface area contributed by atoms with Gasteiger partial charge in [0.1, 0.15) is 5.82 Å². The van der Waals surface area contributed by atoms with Gasteiger partial charge < -0.3 is 5.32 Å². The predicted molar refractivity (Wildman–Crippen MR) is 55.4 cm³/mol. The van der Waals surface area contributed by atoms with Crippen molar-refractivity contribution in [2.75, 3.05) is 6.54 Å². The highest BCUT2D eigenvalue weighted by Crippen LogP contribution is 2.21. The summed E-state index contributed by atoms with van der Waals surface area (Å²) in [4.78, 5) is 3.71. The van der Waals surface area contributed by atoms with Crippen LogP contribution < -0.4 is 5.32 Å². The Labute approximate surface area is 83.9 Å². The minimum absolute atomic E-state index is 0.122. The Balaban J connectivity index is 2.99. The molecule has 1 atom stereocenters. The lowest BCUT2D eigenvalue weighted by Crippen LogP contribution is -2.22. The number of aromatic nitrogens is 1. The van der Waals surface area contributed by atoms with Gasteiger partial charge in [0.25, 0.3) is 0 Å². The normalized spacial score (nSPS) is 12.5. The molecular weight excluding hydrogens is 179 g/mol. The highest BCUT2D eigenvalue weighted by atomic mass is 19.1. The van der Waals surface area contributed by atoms with E-state index in [9.17, 15) is 4.39 Å². The van der Waals surface area contributed by atoms with Gasteiger partial charge in [-0.05, 0) is 19.5 Å². The zero-order valence-electron chi connectivity index (χ0n) is 8.55. The molecule has 0 aromatic carbocycles. The van der Waals surface area contributed by atoms with Crippen molar-refractivity contribution in [1.29, 1.82) is 0 Å². The molecule has 0 amide bonds. The summed E-state index contributed by atoms with van der Waals surface area (Å²) < 4.78 is 13.4. The fourth-order valence-corrected chi connectivity index (χ4v) is 1.37. The average molecular weight is 194 g/mol. The van der Waals surface area contributed by atoms with Crippen LogP contribution in [0.1, 0.15) is 25.5 Å². The second kappa shape index (κ2) is 4.86. The van der Waals surface area contributed by atoms with Crippen LogP contribution in [0.3, 0.4) is 0 Å². The third-order valence-corrected chi connectivity index (χ3v) is 2.02. The summed E-state index contributed by atoms with van der Waals surface area (Å²) in [7, 11) is 0. The second-order valence-electron chi connectivity index (χ2n) is 3.23. The molecule has 14 heavy (non-hydrogen) atoms. The van der Waals surface area contributed by atoms with Crippen molar-refractivity contribution in [3.63, 3.8) is 0 Å². The number of nitrogens with zero attached hydrogens (tertiary/aromatic N) is 1. The van der Waals surface area contributed by atoms with E-state index in [0.717, 1.165) is 12.1 Å². The van der Waals surface area contributed by atoms with Gasteiger partial charge in [0, 0.05) is 11.8 Å². The number of nitrogens with one attached hydrogen (secondary N) is 1. The zero-order valence-corrected chi connectivity index (χ0v) is 8.55. The Hall–Kier alpha value is -1.22. The van der Waals surface area contributed by atoms with Gasteiger partial charge in [-0.3, -0.25) is 4.98 Å². The maximum absolute atomic E-state index is 13.4. The van der Waals surface area contributed by atoms with E-state index in [0.29, 0.717) is 5.56 Å². The number of rotatable bonds is 4. The molecule has 0 aliphatic carbocycles. The molecule has 0 aliphatic heterocycles. The van der Waals surface area contributed by atoms with Crippen LogP contribution in [-0.4, -0.2) is 11.5 Å². The Morgan fingerprint density at radius 1 is 1.71 bits per heavy atom. The summed E-state index contributed by atoms with van der Waals surface area (Å²) in [6.07, 6.45) is 2.81. The van der Waals surface area contributed by atoms with Crippen molar-refractivity contribution in [3.8, 4) is 0 Å². The maximum Gasteiger partial charge on any atom is 0.146 e. The summed E-state index contributed by atoms with van der Waals surface area (Å²) >= 11 is 0. The number of hydrogen-bond acceptors (Lipinski definition) is 2. The van der Waals surface area contributed by atoms with Gasteiger partial charge in [-0.25, -0.2) is 4.39 Å². The molecule has 1 heterocycles. The first-order valence-corrected chi connectivity index (χ1v) is 4.65. The summed E-state index contributed by atoms with van der Waals surface area (Å²) in [5.41, 5.74) is 1.51. The average Bonchev–Trinajstić information content (AvgIpc) is 2.15. The molecule has 2 nitrogen and oxygen atoms in total. The monoisotopic (exact) mass is 194 g/mol. The first-order chi connectivity index (χ1) is 6.66. The molecule has 3 heteroatoms. The minimum Gasteiger partial charge on any atom is -0.307 e. The number of likely N-dealkylation sites (N-methyl/N-ethyl adjacent to an activating group) is 1. The van der Waals surface area contributed by atoms with Crippen molar-refractivity contribution in [2.45, 2.75) is 19.9 Å². The van der Waals surface area contributed by atoms with Crippen LogP contribution in [0.25, 0.3) is 0 Å². The third kappa shape index (κ3) is 2.39. The zero-order chi connectivity index (χ0) is 10.6. The van der Waals surface area contributed by atoms with Crippen LogP contribution in [0.4, 0.5) is 4.39 Å². The van der Waals surface area contributed by atoms with E-state index in [-0.39, 0.29) is 11.9 Å². The fourth-order valence-electron chi connectivity index (χ4n) is 1.37. The number of halogens is 1.